The summed E-state index contributed by atoms with van der Waals surface area (Å²) in [7, 11) is -2.37. The standard InChI is InChI=1S/C11H18NOP/c1-4-10(2)12-14(3,13)11-8-6-5-7-9-11/h5-10H,4H2,1-3H3,(H,12,13). The second-order valence-corrected chi connectivity index (χ2v) is 6.32. The van der Waals surface area contributed by atoms with Gasteiger partial charge in [-0.3, -0.25) is 5.09 Å². The van der Waals surface area contributed by atoms with Gasteiger partial charge in [0, 0.05) is 18.0 Å². The fourth-order valence-corrected chi connectivity index (χ4v) is 3.21. The molecule has 1 aromatic rings. The van der Waals surface area contributed by atoms with Gasteiger partial charge in [-0.2, -0.15) is 0 Å². The molecule has 0 aliphatic heterocycles. The monoisotopic (exact) mass is 211 g/mol. The Morgan fingerprint density at radius 3 is 2.43 bits per heavy atom. The molecule has 14 heavy (non-hydrogen) atoms. The molecule has 78 valence electrons. The van der Waals surface area contributed by atoms with Crippen LogP contribution in [0.5, 0.6) is 0 Å². The van der Waals surface area contributed by atoms with Gasteiger partial charge in [-0.1, -0.05) is 37.3 Å². The zero-order valence-electron chi connectivity index (χ0n) is 9.03. The van der Waals surface area contributed by atoms with Gasteiger partial charge in [0.1, 0.15) is 0 Å². The molecule has 0 aromatic heterocycles. The number of hydrogen-bond acceptors (Lipinski definition) is 1. The van der Waals surface area contributed by atoms with Crippen molar-refractivity contribution < 1.29 is 4.57 Å². The van der Waals surface area contributed by atoms with Crippen molar-refractivity contribution in [1.82, 2.24) is 5.09 Å². The molecule has 1 N–H and O–H groups in total. The first-order valence-electron chi connectivity index (χ1n) is 4.97. The van der Waals surface area contributed by atoms with E-state index in [9.17, 15) is 4.57 Å². The van der Waals surface area contributed by atoms with Gasteiger partial charge in [0.2, 0.25) is 0 Å². The molecule has 0 radical (unpaired) electrons. The molecule has 0 amide bonds. The minimum Gasteiger partial charge on any atom is -0.302 e. The van der Waals surface area contributed by atoms with E-state index < -0.39 is 7.29 Å². The molecule has 1 aromatic carbocycles. The molecule has 0 saturated carbocycles. The summed E-state index contributed by atoms with van der Waals surface area (Å²) >= 11 is 0. The molecule has 0 fully saturated rings. The highest BCUT2D eigenvalue weighted by Gasteiger charge is 2.18. The summed E-state index contributed by atoms with van der Waals surface area (Å²) in [6.07, 6.45) is 0.991. The maximum absolute atomic E-state index is 12.3. The number of nitrogens with one attached hydrogen (secondary N) is 1. The van der Waals surface area contributed by atoms with Gasteiger partial charge in [-0.25, -0.2) is 0 Å². The zero-order valence-corrected chi connectivity index (χ0v) is 9.92. The predicted molar refractivity (Wildman–Crippen MR) is 62.5 cm³/mol. The van der Waals surface area contributed by atoms with E-state index in [1.165, 1.54) is 0 Å². The first kappa shape index (κ1) is 11.5. The first-order chi connectivity index (χ1) is 6.56. The molecule has 0 aliphatic carbocycles. The van der Waals surface area contributed by atoms with Crippen LogP contribution in [-0.4, -0.2) is 12.7 Å². The Kier molecular flexibility index (Phi) is 3.91. The van der Waals surface area contributed by atoms with Crippen molar-refractivity contribution in [2.75, 3.05) is 6.66 Å². The Morgan fingerprint density at radius 1 is 1.36 bits per heavy atom. The number of rotatable bonds is 4. The van der Waals surface area contributed by atoms with Crippen LogP contribution in [0.1, 0.15) is 20.3 Å². The van der Waals surface area contributed by atoms with Crippen LogP contribution >= 0.6 is 7.29 Å². The summed E-state index contributed by atoms with van der Waals surface area (Å²) in [4.78, 5) is 0. The van der Waals surface area contributed by atoms with Crippen molar-refractivity contribution in [3.05, 3.63) is 30.3 Å². The van der Waals surface area contributed by atoms with Gasteiger partial charge in [-0.05, 0) is 13.3 Å². The van der Waals surface area contributed by atoms with Crippen molar-refractivity contribution in [2.45, 2.75) is 26.3 Å². The zero-order chi connectivity index (χ0) is 10.6. The molecule has 2 unspecified atom stereocenters. The first-order valence-corrected chi connectivity index (χ1v) is 7.12. The van der Waals surface area contributed by atoms with E-state index in [1.54, 1.807) is 6.66 Å². The van der Waals surface area contributed by atoms with Gasteiger partial charge in [-0.15, -0.1) is 0 Å². The smallest absolute Gasteiger partial charge is 0.173 e. The van der Waals surface area contributed by atoms with Crippen molar-refractivity contribution in [1.29, 1.82) is 0 Å². The molecule has 0 saturated heterocycles. The lowest BCUT2D eigenvalue weighted by molar-refractivity contribution is 0.557. The Bertz CT molecular complexity index is 323. The average molecular weight is 211 g/mol. The third-order valence-electron chi connectivity index (χ3n) is 2.33. The normalized spacial score (nSPS) is 17.4. The van der Waals surface area contributed by atoms with Crippen LogP contribution in [0.2, 0.25) is 0 Å². The molecule has 0 heterocycles. The summed E-state index contributed by atoms with van der Waals surface area (Å²) in [5, 5.41) is 4.08. The Morgan fingerprint density at radius 2 is 1.93 bits per heavy atom. The highest BCUT2D eigenvalue weighted by atomic mass is 31.2. The molecule has 0 bridgehead atoms. The van der Waals surface area contributed by atoms with E-state index >= 15 is 0 Å². The van der Waals surface area contributed by atoms with Crippen molar-refractivity contribution >= 4 is 12.6 Å². The van der Waals surface area contributed by atoms with E-state index in [2.05, 4.69) is 18.9 Å². The van der Waals surface area contributed by atoms with Gasteiger partial charge in [0.05, 0.1) is 0 Å². The molecule has 3 heteroatoms. The lowest BCUT2D eigenvalue weighted by Crippen LogP contribution is -2.26. The minimum atomic E-state index is -2.37. The third kappa shape index (κ3) is 2.97. The van der Waals surface area contributed by atoms with E-state index in [4.69, 9.17) is 0 Å². The number of hydrogen-bond donors (Lipinski definition) is 1. The van der Waals surface area contributed by atoms with Gasteiger partial charge < -0.3 is 4.57 Å². The van der Waals surface area contributed by atoms with Crippen LogP contribution in [0.25, 0.3) is 0 Å². The quantitative estimate of drug-likeness (QED) is 0.775. The predicted octanol–water partition coefficient (Wildman–Crippen LogP) is 2.61. The maximum Gasteiger partial charge on any atom is 0.173 e. The van der Waals surface area contributed by atoms with Crippen molar-refractivity contribution in [3.63, 3.8) is 0 Å². The largest absolute Gasteiger partial charge is 0.302 e. The second-order valence-electron chi connectivity index (χ2n) is 3.70. The Hall–Kier alpha value is -0.590. The maximum atomic E-state index is 12.3. The van der Waals surface area contributed by atoms with Crippen LogP contribution in [0.15, 0.2) is 30.3 Å². The fourth-order valence-electron chi connectivity index (χ4n) is 1.30. The third-order valence-corrected chi connectivity index (χ3v) is 4.55. The average Bonchev–Trinajstić information content (AvgIpc) is 2.18. The van der Waals surface area contributed by atoms with Crippen molar-refractivity contribution in [3.8, 4) is 0 Å². The van der Waals surface area contributed by atoms with Crippen molar-refractivity contribution in [2.24, 2.45) is 0 Å². The SMILES string of the molecule is CCC(C)NP(C)(=O)c1ccccc1. The summed E-state index contributed by atoms with van der Waals surface area (Å²) in [6.45, 7) is 5.93. The molecule has 0 aliphatic rings. The van der Waals surface area contributed by atoms with Gasteiger partial charge >= 0.3 is 0 Å². The van der Waals surface area contributed by atoms with Crippen LogP contribution in [0.3, 0.4) is 0 Å². The van der Waals surface area contributed by atoms with Gasteiger partial charge in [0.25, 0.3) is 0 Å². The van der Waals surface area contributed by atoms with Crippen LogP contribution in [-0.2, 0) is 4.57 Å². The Labute approximate surface area is 86.2 Å². The molecule has 1 rings (SSSR count). The molecule has 0 spiro atoms. The molecular weight excluding hydrogens is 193 g/mol. The topological polar surface area (TPSA) is 29.1 Å². The minimum absolute atomic E-state index is 0.297. The molecular formula is C11H18NOP. The Balaban J connectivity index is 2.81. The van der Waals surface area contributed by atoms with Crippen LogP contribution < -0.4 is 10.4 Å². The molecule has 2 nitrogen and oxygen atoms in total. The summed E-state index contributed by atoms with van der Waals surface area (Å²) in [5.41, 5.74) is 0. The van der Waals surface area contributed by atoms with Gasteiger partial charge in [0.15, 0.2) is 7.29 Å². The molecule has 2 atom stereocenters. The second kappa shape index (κ2) is 4.77. The van der Waals surface area contributed by atoms with E-state index in [0.717, 1.165) is 11.7 Å². The van der Waals surface area contributed by atoms with E-state index in [0.29, 0.717) is 6.04 Å². The summed E-state index contributed by atoms with van der Waals surface area (Å²) < 4.78 is 12.3. The highest BCUT2D eigenvalue weighted by molar-refractivity contribution is 7.69. The van der Waals surface area contributed by atoms with Crippen LogP contribution in [0, 0.1) is 0 Å². The summed E-state index contributed by atoms with van der Waals surface area (Å²) in [5.74, 6) is 0. The number of benzene rings is 1. The lowest BCUT2D eigenvalue weighted by Gasteiger charge is -2.19. The van der Waals surface area contributed by atoms with Crippen LogP contribution in [0.4, 0.5) is 0 Å². The van der Waals surface area contributed by atoms with E-state index in [1.807, 2.05) is 30.3 Å². The lowest BCUT2D eigenvalue weighted by atomic mass is 10.3. The highest BCUT2D eigenvalue weighted by Crippen LogP contribution is 2.35. The fraction of sp³-hybridized carbons (Fsp3) is 0.455. The van der Waals surface area contributed by atoms with E-state index in [-0.39, 0.29) is 0 Å². The summed E-state index contributed by atoms with van der Waals surface area (Å²) in [6, 6.07) is 9.90.